The average molecular weight is 491 g/mol. The zero-order chi connectivity index (χ0) is 24.9. The quantitative estimate of drug-likeness (QED) is 0.251. The number of hydrogen-bond acceptors (Lipinski definition) is 1. The van der Waals surface area contributed by atoms with Crippen LogP contribution in [0.2, 0.25) is 0 Å². The van der Waals surface area contributed by atoms with Gasteiger partial charge in [0.15, 0.2) is 11.6 Å². The van der Waals surface area contributed by atoms with E-state index in [1.54, 1.807) is 12.1 Å². The number of halogens is 7. The molecule has 1 nitrogen and oxygen atoms in total. The minimum atomic E-state index is -5.84. The molecule has 8 heteroatoms. The molecule has 3 rings (SSSR count). The van der Waals surface area contributed by atoms with E-state index in [9.17, 15) is 30.7 Å². The number of unbranched alkanes of at least 4 members (excludes halogenated alkanes) is 2. The molecule has 188 valence electrons. The number of hydrogen-bond donors (Lipinski definition) is 0. The van der Waals surface area contributed by atoms with Gasteiger partial charge in [0.25, 0.3) is 6.17 Å². The molecule has 1 fully saturated rings. The normalized spacial score (nSPS) is 20.2. The molecule has 0 amide bonds. The fourth-order valence-electron chi connectivity index (χ4n) is 4.57. The van der Waals surface area contributed by atoms with Gasteiger partial charge in [-0.15, -0.1) is 0 Å². The van der Waals surface area contributed by atoms with Gasteiger partial charge in [0, 0.05) is 0 Å². The number of alkyl halides is 6. The first-order chi connectivity index (χ1) is 16.0. The Balaban J connectivity index is 1.62. The van der Waals surface area contributed by atoms with Gasteiger partial charge in [0.05, 0.1) is 0 Å². The van der Waals surface area contributed by atoms with Crippen molar-refractivity contribution >= 4 is 0 Å². The van der Waals surface area contributed by atoms with E-state index in [1.807, 2.05) is 12.1 Å². The highest BCUT2D eigenvalue weighted by molar-refractivity contribution is 5.64. The Morgan fingerprint density at radius 2 is 1.50 bits per heavy atom. The average Bonchev–Trinajstić information content (AvgIpc) is 2.80. The summed E-state index contributed by atoms with van der Waals surface area (Å²) in [5, 5.41) is 0. The van der Waals surface area contributed by atoms with Crippen molar-refractivity contribution in [3.63, 3.8) is 0 Å². The maximum absolute atomic E-state index is 14.3. The van der Waals surface area contributed by atoms with Gasteiger partial charge in [-0.3, -0.25) is 0 Å². The van der Waals surface area contributed by atoms with E-state index in [4.69, 9.17) is 0 Å². The molecule has 0 aromatic heterocycles. The summed E-state index contributed by atoms with van der Waals surface area (Å²) in [5.74, 6) is -1.21. The van der Waals surface area contributed by atoms with Crippen molar-refractivity contribution in [3.05, 3.63) is 53.8 Å². The summed E-state index contributed by atoms with van der Waals surface area (Å²) < 4.78 is 94.7. The van der Waals surface area contributed by atoms with Crippen LogP contribution in [0.1, 0.15) is 69.8 Å². The third-order valence-electron chi connectivity index (χ3n) is 6.54. The van der Waals surface area contributed by atoms with Crippen molar-refractivity contribution in [3.8, 4) is 16.9 Å². The van der Waals surface area contributed by atoms with E-state index < -0.39 is 30.0 Å². The molecule has 1 unspecified atom stereocenters. The highest BCUT2D eigenvalue weighted by Crippen LogP contribution is 2.40. The third kappa shape index (κ3) is 6.66. The highest BCUT2D eigenvalue weighted by Gasteiger charge is 2.59. The number of ether oxygens (including phenoxy) is 1. The van der Waals surface area contributed by atoms with E-state index in [1.165, 1.54) is 50.2 Å². The first-order valence-electron chi connectivity index (χ1n) is 11.7. The van der Waals surface area contributed by atoms with E-state index in [-0.39, 0.29) is 0 Å². The summed E-state index contributed by atoms with van der Waals surface area (Å²) in [7, 11) is 0. The van der Waals surface area contributed by atoms with Crippen LogP contribution < -0.4 is 4.74 Å². The Morgan fingerprint density at radius 1 is 0.882 bits per heavy atom. The molecule has 0 saturated heterocycles. The van der Waals surface area contributed by atoms with Crippen LogP contribution in [0.5, 0.6) is 5.75 Å². The summed E-state index contributed by atoms with van der Waals surface area (Å²) in [6.07, 6.45) is -5.91. The Bertz CT molecular complexity index is 916. The lowest BCUT2D eigenvalue weighted by molar-refractivity contribution is -0.305. The van der Waals surface area contributed by atoms with Crippen molar-refractivity contribution in [1.29, 1.82) is 0 Å². The molecule has 1 aliphatic rings. The molecule has 0 N–H and O–H groups in total. The van der Waals surface area contributed by atoms with Gasteiger partial charge in [-0.25, -0.2) is 8.78 Å². The lowest BCUT2D eigenvalue weighted by Crippen LogP contribution is -2.45. The van der Waals surface area contributed by atoms with Gasteiger partial charge in [-0.2, -0.15) is 22.0 Å². The molecule has 34 heavy (non-hydrogen) atoms. The second-order valence-electron chi connectivity index (χ2n) is 9.05. The van der Waals surface area contributed by atoms with E-state index in [0.717, 1.165) is 30.9 Å². The lowest BCUT2D eigenvalue weighted by atomic mass is 9.77. The van der Waals surface area contributed by atoms with Crippen LogP contribution in [0.4, 0.5) is 30.7 Å². The van der Waals surface area contributed by atoms with Gasteiger partial charge in [0.1, 0.15) is 0 Å². The largest absolute Gasteiger partial charge is 0.439 e. The van der Waals surface area contributed by atoms with Crippen LogP contribution in [-0.2, 0) is 0 Å². The summed E-state index contributed by atoms with van der Waals surface area (Å²) in [5.41, 5.74) is 2.15. The summed E-state index contributed by atoms with van der Waals surface area (Å²) in [6.45, 7) is 2.20. The van der Waals surface area contributed by atoms with Crippen molar-refractivity contribution in [2.24, 2.45) is 5.92 Å². The van der Waals surface area contributed by atoms with Crippen molar-refractivity contribution in [2.75, 3.05) is 0 Å². The minimum Gasteiger partial charge on any atom is -0.427 e. The van der Waals surface area contributed by atoms with Crippen molar-refractivity contribution in [1.82, 2.24) is 0 Å². The molecular formula is C26H29F7O. The fraction of sp³-hybridized carbons (Fsp3) is 0.538. The summed E-state index contributed by atoms with van der Waals surface area (Å²) >= 11 is 0. The lowest BCUT2D eigenvalue weighted by Gasteiger charge is -2.29. The second-order valence-corrected chi connectivity index (χ2v) is 9.05. The van der Waals surface area contributed by atoms with E-state index in [0.29, 0.717) is 17.0 Å². The predicted octanol–water partition coefficient (Wildman–Crippen LogP) is 9.22. The summed E-state index contributed by atoms with van der Waals surface area (Å²) in [4.78, 5) is 0. The van der Waals surface area contributed by atoms with Crippen LogP contribution in [0.15, 0.2) is 42.5 Å². The molecule has 0 spiro atoms. The maximum Gasteiger partial charge on any atom is 0.439 e. The molecule has 0 bridgehead atoms. The van der Waals surface area contributed by atoms with Crippen LogP contribution in [0.25, 0.3) is 11.1 Å². The first-order valence-corrected chi connectivity index (χ1v) is 11.7. The molecule has 2 aromatic rings. The van der Waals surface area contributed by atoms with Crippen molar-refractivity contribution < 1.29 is 35.5 Å². The predicted molar refractivity (Wildman–Crippen MR) is 117 cm³/mol. The van der Waals surface area contributed by atoms with Gasteiger partial charge in [0.2, 0.25) is 0 Å². The van der Waals surface area contributed by atoms with Gasteiger partial charge in [-0.05, 0) is 66.3 Å². The van der Waals surface area contributed by atoms with Crippen LogP contribution >= 0.6 is 0 Å². The highest BCUT2D eigenvalue weighted by atomic mass is 19.4. The van der Waals surface area contributed by atoms with Crippen LogP contribution in [0, 0.1) is 11.7 Å². The standard InChI is InChI=1S/C26H29F7O/c1-2-3-4-5-17-6-8-18(9-7-17)19-10-12-20(13-11-19)21-14-15-23(22(27)16-21)34-26(32,33)24(28)25(29,30)31/h10-18,24H,2-9H2,1H3. The Labute approximate surface area is 195 Å². The summed E-state index contributed by atoms with van der Waals surface area (Å²) in [6, 6.07) is 10.4. The van der Waals surface area contributed by atoms with Gasteiger partial charge in [-0.1, -0.05) is 62.9 Å². The molecule has 0 heterocycles. The zero-order valence-electron chi connectivity index (χ0n) is 19.0. The van der Waals surface area contributed by atoms with Crippen LogP contribution in [0.3, 0.4) is 0 Å². The van der Waals surface area contributed by atoms with E-state index >= 15 is 0 Å². The fourth-order valence-corrected chi connectivity index (χ4v) is 4.57. The van der Waals surface area contributed by atoms with Crippen LogP contribution in [-0.4, -0.2) is 18.5 Å². The monoisotopic (exact) mass is 490 g/mol. The zero-order valence-corrected chi connectivity index (χ0v) is 19.0. The van der Waals surface area contributed by atoms with E-state index in [2.05, 4.69) is 11.7 Å². The smallest absolute Gasteiger partial charge is 0.427 e. The molecule has 0 radical (unpaired) electrons. The SMILES string of the molecule is CCCCCC1CCC(c2ccc(-c3ccc(OC(F)(F)C(F)C(F)(F)F)c(F)c3)cc2)CC1. The Hall–Kier alpha value is -2.25. The Morgan fingerprint density at radius 3 is 2.06 bits per heavy atom. The molecule has 1 atom stereocenters. The maximum atomic E-state index is 14.3. The molecule has 1 saturated carbocycles. The number of rotatable bonds is 9. The topological polar surface area (TPSA) is 9.23 Å². The number of benzene rings is 2. The second kappa shape index (κ2) is 11.0. The molecule has 1 aliphatic carbocycles. The van der Waals surface area contributed by atoms with Gasteiger partial charge >= 0.3 is 12.3 Å². The molecule has 2 aromatic carbocycles. The first kappa shape index (κ1) is 26.4. The van der Waals surface area contributed by atoms with Crippen molar-refractivity contribution in [2.45, 2.75) is 82.7 Å². The minimum absolute atomic E-state index is 0.340. The third-order valence-corrected chi connectivity index (χ3v) is 6.54. The molecule has 0 aliphatic heterocycles. The molecular weight excluding hydrogens is 461 g/mol. The Kier molecular flexibility index (Phi) is 8.52. The van der Waals surface area contributed by atoms with Gasteiger partial charge < -0.3 is 4.74 Å².